The summed E-state index contributed by atoms with van der Waals surface area (Å²) in [5.41, 5.74) is 4.45. The van der Waals surface area contributed by atoms with Crippen molar-refractivity contribution in [1.82, 2.24) is 0 Å². The Bertz CT molecular complexity index is 256. The van der Waals surface area contributed by atoms with Crippen molar-refractivity contribution in [3.05, 3.63) is 22.8 Å². The highest BCUT2D eigenvalue weighted by molar-refractivity contribution is 5.06. The van der Waals surface area contributed by atoms with Crippen molar-refractivity contribution in [3.63, 3.8) is 0 Å². The molecule has 0 heterocycles. The Balaban J connectivity index is 0. The summed E-state index contributed by atoms with van der Waals surface area (Å²) in [6.45, 7) is 22.2. The van der Waals surface area contributed by atoms with Crippen molar-refractivity contribution < 1.29 is 0 Å². The van der Waals surface area contributed by atoms with E-state index in [-0.39, 0.29) is 0 Å². The Morgan fingerprint density at radius 1 is 0.833 bits per heavy atom. The van der Waals surface area contributed by atoms with Crippen LogP contribution in [0, 0.1) is 17.8 Å². The molecule has 0 heteroatoms. The smallest absolute Gasteiger partial charge is 0.0236 e. The van der Waals surface area contributed by atoms with Gasteiger partial charge in [0.05, 0.1) is 0 Å². The first-order valence-electron chi connectivity index (χ1n) is 7.35. The van der Waals surface area contributed by atoms with Crippen molar-refractivity contribution in [3.8, 4) is 0 Å². The summed E-state index contributed by atoms with van der Waals surface area (Å²) in [6.07, 6.45) is 3.58. The summed E-state index contributed by atoms with van der Waals surface area (Å²) in [4.78, 5) is 0. The van der Waals surface area contributed by atoms with Crippen LogP contribution in [0.2, 0.25) is 0 Å². The number of hydrogen-bond donors (Lipinski definition) is 0. The summed E-state index contributed by atoms with van der Waals surface area (Å²) >= 11 is 0. The van der Waals surface area contributed by atoms with E-state index in [1.54, 1.807) is 5.57 Å². The van der Waals surface area contributed by atoms with Gasteiger partial charge in [0, 0.05) is 0 Å². The minimum Gasteiger partial charge on any atom is -0.0828 e. The van der Waals surface area contributed by atoms with E-state index in [4.69, 9.17) is 0 Å². The van der Waals surface area contributed by atoms with Crippen LogP contribution in [0.15, 0.2) is 22.8 Å². The van der Waals surface area contributed by atoms with Gasteiger partial charge < -0.3 is 0 Å². The molecule has 0 aliphatic rings. The van der Waals surface area contributed by atoms with E-state index in [1.165, 1.54) is 17.6 Å². The van der Waals surface area contributed by atoms with E-state index in [0.717, 1.165) is 17.8 Å². The normalized spacial score (nSPS) is 11.8. The van der Waals surface area contributed by atoms with E-state index in [9.17, 15) is 0 Å². The molecule has 0 rings (SSSR count). The largest absolute Gasteiger partial charge is 0.0828 e. The van der Waals surface area contributed by atoms with Gasteiger partial charge in [0.1, 0.15) is 0 Å². The lowest BCUT2D eigenvalue weighted by atomic mass is 9.96. The molecule has 0 aromatic rings. The minimum absolute atomic E-state index is 0.731. The molecule has 0 saturated heterocycles. The fourth-order valence-electron chi connectivity index (χ4n) is 1.53. The van der Waals surface area contributed by atoms with E-state index in [2.05, 4.69) is 75.3 Å². The van der Waals surface area contributed by atoms with Crippen molar-refractivity contribution in [2.45, 2.75) is 75.7 Å². The maximum Gasteiger partial charge on any atom is -0.0236 e. The van der Waals surface area contributed by atoms with Gasteiger partial charge in [-0.2, -0.15) is 0 Å². The Morgan fingerprint density at radius 2 is 1.28 bits per heavy atom. The molecule has 0 fully saturated rings. The van der Waals surface area contributed by atoms with Crippen LogP contribution in [-0.2, 0) is 0 Å². The molecule has 108 valence electrons. The van der Waals surface area contributed by atoms with Crippen molar-refractivity contribution in [2.75, 3.05) is 0 Å². The van der Waals surface area contributed by atoms with Gasteiger partial charge in [0.2, 0.25) is 0 Å². The Kier molecular flexibility index (Phi) is 11.5. The van der Waals surface area contributed by atoms with E-state index < -0.39 is 0 Å². The first kappa shape index (κ1) is 19.8. The van der Waals surface area contributed by atoms with Crippen LogP contribution >= 0.6 is 0 Å². The van der Waals surface area contributed by atoms with Gasteiger partial charge in [-0.1, -0.05) is 57.4 Å². The highest BCUT2D eigenvalue weighted by Gasteiger charge is 2.01. The Labute approximate surface area is 117 Å². The molecule has 0 aliphatic heterocycles. The van der Waals surface area contributed by atoms with Crippen molar-refractivity contribution in [1.29, 1.82) is 0 Å². The molecule has 0 saturated carbocycles. The quantitative estimate of drug-likeness (QED) is 0.492. The Hall–Kier alpha value is -0.520. The predicted molar refractivity (Wildman–Crippen MR) is 86.9 cm³/mol. The van der Waals surface area contributed by atoms with Crippen LogP contribution < -0.4 is 0 Å². The fraction of sp³-hybridized carbons (Fsp3) is 0.778. The highest BCUT2D eigenvalue weighted by Crippen LogP contribution is 2.13. The lowest BCUT2D eigenvalue weighted by Gasteiger charge is -2.10. The van der Waals surface area contributed by atoms with Crippen LogP contribution in [0.4, 0.5) is 0 Å². The lowest BCUT2D eigenvalue weighted by molar-refractivity contribution is 0.502. The molecule has 0 aromatic heterocycles. The minimum atomic E-state index is 0.731. The molecule has 18 heavy (non-hydrogen) atoms. The highest BCUT2D eigenvalue weighted by atomic mass is 14.1. The van der Waals surface area contributed by atoms with Gasteiger partial charge >= 0.3 is 0 Å². The third-order valence-corrected chi connectivity index (χ3v) is 3.22. The zero-order valence-electron chi connectivity index (χ0n) is 14.5. The first-order chi connectivity index (χ1) is 8.07. The second-order valence-corrected chi connectivity index (χ2v) is 6.73. The summed E-state index contributed by atoms with van der Waals surface area (Å²) < 4.78 is 0. The zero-order valence-corrected chi connectivity index (χ0v) is 14.5. The van der Waals surface area contributed by atoms with E-state index >= 15 is 0 Å². The summed E-state index contributed by atoms with van der Waals surface area (Å²) in [6, 6.07) is 0. The average Bonchev–Trinajstić information content (AvgIpc) is 2.16. The molecule has 0 spiro atoms. The third-order valence-electron chi connectivity index (χ3n) is 3.22. The van der Waals surface area contributed by atoms with Gasteiger partial charge in [-0.05, 0) is 58.8 Å². The molecular weight excluding hydrogens is 216 g/mol. The topological polar surface area (TPSA) is 0 Å². The second-order valence-electron chi connectivity index (χ2n) is 6.73. The molecule has 1 atom stereocenters. The average molecular weight is 252 g/mol. The van der Waals surface area contributed by atoms with Crippen LogP contribution in [0.25, 0.3) is 0 Å². The standard InChI is InChI=1S/2C9H18/c2*1-7(2)6-9(5)8(3)4/h7H,6H2,1-5H3;6,8-9H,1-5H3. The maximum atomic E-state index is 2.32. The van der Waals surface area contributed by atoms with Gasteiger partial charge in [-0.25, -0.2) is 0 Å². The molecule has 1 unspecified atom stereocenters. The SMILES string of the molecule is CC(C)=C(C)CC(C)C.CC(C)=CC(C)C(C)C. The molecule has 0 nitrogen and oxygen atoms in total. The van der Waals surface area contributed by atoms with Gasteiger partial charge in [0.25, 0.3) is 0 Å². The summed E-state index contributed by atoms with van der Waals surface area (Å²) in [5, 5.41) is 0. The monoisotopic (exact) mass is 252 g/mol. The predicted octanol–water partition coefficient (Wildman–Crippen LogP) is 6.63. The van der Waals surface area contributed by atoms with Crippen LogP contribution in [0.3, 0.4) is 0 Å². The van der Waals surface area contributed by atoms with Gasteiger partial charge in [-0.3, -0.25) is 0 Å². The third kappa shape index (κ3) is 13.5. The number of rotatable bonds is 4. The zero-order chi connectivity index (χ0) is 14.9. The van der Waals surface area contributed by atoms with E-state index in [1.807, 2.05) is 0 Å². The molecule has 0 radical (unpaired) electrons. The number of hydrogen-bond acceptors (Lipinski definition) is 0. The first-order valence-corrected chi connectivity index (χ1v) is 7.35. The Morgan fingerprint density at radius 3 is 1.39 bits per heavy atom. The van der Waals surface area contributed by atoms with Crippen LogP contribution in [0.5, 0.6) is 0 Å². The molecular formula is C18H36. The van der Waals surface area contributed by atoms with Crippen molar-refractivity contribution >= 4 is 0 Å². The summed E-state index contributed by atoms with van der Waals surface area (Å²) in [7, 11) is 0. The van der Waals surface area contributed by atoms with Crippen LogP contribution in [0.1, 0.15) is 75.7 Å². The second kappa shape index (κ2) is 10.4. The van der Waals surface area contributed by atoms with Gasteiger partial charge in [0.15, 0.2) is 0 Å². The molecule has 0 aromatic carbocycles. The molecule has 0 amide bonds. The van der Waals surface area contributed by atoms with Crippen molar-refractivity contribution in [2.24, 2.45) is 17.8 Å². The van der Waals surface area contributed by atoms with Crippen LogP contribution in [-0.4, -0.2) is 0 Å². The number of allylic oxidation sites excluding steroid dienone is 4. The summed E-state index contributed by atoms with van der Waals surface area (Å²) in [5.74, 6) is 2.31. The molecule has 0 aliphatic carbocycles. The lowest BCUT2D eigenvalue weighted by Crippen LogP contribution is -1.99. The molecule has 0 bridgehead atoms. The maximum absolute atomic E-state index is 2.32. The van der Waals surface area contributed by atoms with E-state index in [0.29, 0.717) is 0 Å². The fourth-order valence-corrected chi connectivity index (χ4v) is 1.53. The van der Waals surface area contributed by atoms with Gasteiger partial charge in [-0.15, -0.1) is 0 Å². The molecule has 0 N–H and O–H groups in total.